The molecule has 0 aliphatic rings. The second-order valence-electron chi connectivity index (χ2n) is 6.38. The van der Waals surface area contributed by atoms with E-state index in [9.17, 15) is 4.79 Å². The molecular formula is C20H16ClN3OS. The molecule has 0 N–H and O–H groups in total. The molecule has 2 heterocycles. The highest BCUT2D eigenvalue weighted by Crippen LogP contribution is 2.20. The number of hydrogen-bond acceptors (Lipinski definition) is 4. The lowest BCUT2D eigenvalue weighted by atomic mass is 10.0. The van der Waals surface area contributed by atoms with Gasteiger partial charge in [-0.15, -0.1) is 5.10 Å². The normalized spacial score (nSPS) is 12.4. The molecule has 0 saturated heterocycles. The summed E-state index contributed by atoms with van der Waals surface area (Å²) in [6.45, 7) is 4.32. The molecule has 0 aliphatic carbocycles. The van der Waals surface area contributed by atoms with Crippen LogP contribution < -0.4 is 10.1 Å². The predicted octanol–water partition coefficient (Wildman–Crippen LogP) is 4.14. The molecule has 4 aromatic rings. The summed E-state index contributed by atoms with van der Waals surface area (Å²) in [7, 11) is 0. The second kappa shape index (κ2) is 6.67. The van der Waals surface area contributed by atoms with E-state index >= 15 is 0 Å². The Labute approximate surface area is 159 Å². The van der Waals surface area contributed by atoms with Crippen molar-refractivity contribution in [2.45, 2.75) is 19.8 Å². The molecule has 0 spiro atoms. The van der Waals surface area contributed by atoms with Gasteiger partial charge in [0.25, 0.3) is 5.56 Å². The maximum Gasteiger partial charge on any atom is 0.291 e. The van der Waals surface area contributed by atoms with Crippen molar-refractivity contribution < 1.29 is 0 Å². The molecule has 6 heteroatoms. The van der Waals surface area contributed by atoms with E-state index in [-0.39, 0.29) is 5.56 Å². The van der Waals surface area contributed by atoms with Crippen molar-refractivity contribution >= 4 is 34.0 Å². The van der Waals surface area contributed by atoms with Gasteiger partial charge < -0.3 is 0 Å². The second-order valence-corrected chi connectivity index (χ2v) is 7.82. The van der Waals surface area contributed by atoms with Gasteiger partial charge in [-0.1, -0.05) is 73.2 Å². The third-order valence-electron chi connectivity index (χ3n) is 4.17. The molecule has 0 bridgehead atoms. The van der Waals surface area contributed by atoms with Crippen LogP contribution in [0.25, 0.3) is 22.4 Å². The van der Waals surface area contributed by atoms with Gasteiger partial charge in [0.2, 0.25) is 4.96 Å². The molecule has 2 aromatic heterocycles. The Morgan fingerprint density at radius 2 is 1.92 bits per heavy atom. The van der Waals surface area contributed by atoms with Crippen LogP contribution in [0.3, 0.4) is 0 Å². The zero-order chi connectivity index (χ0) is 18.3. The van der Waals surface area contributed by atoms with Crippen LogP contribution in [0, 0.1) is 0 Å². The van der Waals surface area contributed by atoms with Gasteiger partial charge in [0.1, 0.15) is 0 Å². The van der Waals surface area contributed by atoms with Gasteiger partial charge in [-0.2, -0.15) is 9.50 Å². The average molecular weight is 382 g/mol. The molecule has 0 radical (unpaired) electrons. The lowest BCUT2D eigenvalue weighted by Gasteiger charge is -2.04. The Bertz CT molecular complexity index is 1190. The number of nitrogens with zero attached hydrogens (tertiary/aromatic N) is 3. The van der Waals surface area contributed by atoms with E-state index < -0.39 is 0 Å². The van der Waals surface area contributed by atoms with Crippen molar-refractivity contribution in [3.05, 3.63) is 79.6 Å². The smallest absolute Gasteiger partial charge is 0.266 e. The zero-order valence-corrected chi connectivity index (χ0v) is 15.9. The fourth-order valence-electron chi connectivity index (χ4n) is 2.71. The van der Waals surface area contributed by atoms with Crippen molar-refractivity contribution in [1.29, 1.82) is 0 Å². The number of hydrogen-bond donors (Lipinski definition) is 0. The van der Waals surface area contributed by atoms with Crippen molar-refractivity contribution in [1.82, 2.24) is 14.6 Å². The topological polar surface area (TPSA) is 47.3 Å². The van der Waals surface area contributed by atoms with Gasteiger partial charge in [0, 0.05) is 10.6 Å². The average Bonchev–Trinajstić information content (AvgIpc) is 3.16. The summed E-state index contributed by atoms with van der Waals surface area (Å²) in [5, 5.41) is 4.96. The van der Waals surface area contributed by atoms with Crippen molar-refractivity contribution in [2.75, 3.05) is 0 Å². The van der Waals surface area contributed by atoms with Crippen LogP contribution >= 0.6 is 22.9 Å². The molecule has 2 aromatic carbocycles. The Morgan fingerprint density at radius 3 is 2.58 bits per heavy atom. The van der Waals surface area contributed by atoms with Crippen molar-refractivity contribution in [3.8, 4) is 11.4 Å². The molecule has 0 unspecified atom stereocenters. The molecule has 0 aliphatic heterocycles. The largest absolute Gasteiger partial charge is 0.291 e. The molecule has 130 valence electrons. The first-order valence-electron chi connectivity index (χ1n) is 8.28. The van der Waals surface area contributed by atoms with Crippen molar-refractivity contribution in [2.24, 2.45) is 0 Å². The first-order chi connectivity index (χ1) is 12.5. The van der Waals surface area contributed by atoms with E-state index in [0.717, 1.165) is 11.1 Å². The fraction of sp³-hybridized carbons (Fsp3) is 0.150. The number of rotatable bonds is 3. The lowest BCUT2D eigenvalue weighted by molar-refractivity contribution is 0.866. The highest BCUT2D eigenvalue weighted by molar-refractivity contribution is 7.15. The Balaban J connectivity index is 1.75. The number of thiazole rings is 1. The number of halogens is 1. The molecule has 0 saturated carbocycles. The molecule has 26 heavy (non-hydrogen) atoms. The van der Waals surface area contributed by atoms with Gasteiger partial charge in [-0.3, -0.25) is 4.79 Å². The van der Waals surface area contributed by atoms with E-state index in [1.807, 2.05) is 30.3 Å². The Hall–Kier alpha value is -2.50. The lowest BCUT2D eigenvalue weighted by Crippen LogP contribution is -2.23. The summed E-state index contributed by atoms with van der Waals surface area (Å²) in [5.41, 5.74) is 2.91. The SMILES string of the molecule is CC(C)c1ccc(C=c2sc3nc(-c4cccc(Cl)c4)nn3c2=O)cc1. The Kier molecular flexibility index (Phi) is 4.34. The minimum absolute atomic E-state index is 0.154. The molecule has 4 rings (SSSR count). The maximum absolute atomic E-state index is 12.6. The van der Waals surface area contributed by atoms with E-state index in [4.69, 9.17) is 11.6 Å². The summed E-state index contributed by atoms with van der Waals surface area (Å²) in [5.74, 6) is 0.988. The Morgan fingerprint density at radius 1 is 1.15 bits per heavy atom. The number of aromatic nitrogens is 3. The van der Waals surface area contributed by atoms with Crippen LogP contribution in [0.1, 0.15) is 30.9 Å². The van der Waals surface area contributed by atoms with Crippen LogP contribution in [0.5, 0.6) is 0 Å². The predicted molar refractivity (Wildman–Crippen MR) is 107 cm³/mol. The number of fused-ring (bicyclic) bond motifs is 1. The highest BCUT2D eigenvalue weighted by atomic mass is 35.5. The summed E-state index contributed by atoms with van der Waals surface area (Å²) in [6.07, 6.45) is 1.88. The van der Waals surface area contributed by atoms with Gasteiger partial charge >= 0.3 is 0 Å². The van der Waals surface area contributed by atoms with Gasteiger partial charge in [0.15, 0.2) is 5.82 Å². The molecule has 0 amide bonds. The first-order valence-corrected chi connectivity index (χ1v) is 9.48. The minimum Gasteiger partial charge on any atom is -0.266 e. The maximum atomic E-state index is 12.6. The molecule has 0 atom stereocenters. The fourth-order valence-corrected chi connectivity index (χ4v) is 3.81. The summed E-state index contributed by atoms with van der Waals surface area (Å²) in [4.78, 5) is 17.7. The monoisotopic (exact) mass is 381 g/mol. The van der Waals surface area contributed by atoms with E-state index in [1.54, 1.807) is 12.1 Å². The molecule has 0 fully saturated rings. The van der Waals surface area contributed by atoms with Gasteiger partial charge in [0.05, 0.1) is 4.53 Å². The van der Waals surface area contributed by atoms with Gasteiger partial charge in [-0.05, 0) is 35.3 Å². The first kappa shape index (κ1) is 16.9. The van der Waals surface area contributed by atoms with Crippen LogP contribution in [0.4, 0.5) is 0 Å². The van der Waals surface area contributed by atoms with Crippen LogP contribution in [0.15, 0.2) is 53.3 Å². The van der Waals surface area contributed by atoms with Crippen molar-refractivity contribution in [3.63, 3.8) is 0 Å². The van der Waals surface area contributed by atoms with E-state index in [0.29, 0.717) is 26.3 Å². The standard InChI is InChI=1S/C20H16ClN3OS/c1-12(2)14-8-6-13(7-9-14)10-17-19(25)24-20(26-17)22-18(23-24)15-4-3-5-16(21)11-15/h3-12H,1-2H3. The van der Waals surface area contributed by atoms with Gasteiger partial charge in [-0.25, -0.2) is 0 Å². The summed E-state index contributed by atoms with van der Waals surface area (Å²) >= 11 is 7.36. The van der Waals surface area contributed by atoms with E-state index in [1.165, 1.54) is 21.4 Å². The van der Waals surface area contributed by atoms with Crippen LogP contribution in [-0.4, -0.2) is 14.6 Å². The zero-order valence-electron chi connectivity index (χ0n) is 14.3. The summed E-state index contributed by atoms with van der Waals surface area (Å²) in [6, 6.07) is 15.5. The van der Waals surface area contributed by atoms with Crippen LogP contribution in [0.2, 0.25) is 5.02 Å². The third-order valence-corrected chi connectivity index (χ3v) is 5.36. The highest BCUT2D eigenvalue weighted by Gasteiger charge is 2.12. The molecule has 4 nitrogen and oxygen atoms in total. The third kappa shape index (κ3) is 3.16. The molecular weight excluding hydrogens is 366 g/mol. The van der Waals surface area contributed by atoms with Crippen LogP contribution in [-0.2, 0) is 0 Å². The summed E-state index contributed by atoms with van der Waals surface area (Å²) < 4.78 is 1.98. The quantitative estimate of drug-likeness (QED) is 0.535. The minimum atomic E-state index is -0.154. The van der Waals surface area contributed by atoms with E-state index in [2.05, 4.69) is 36.1 Å². The number of benzene rings is 2.